The van der Waals surface area contributed by atoms with Gasteiger partial charge in [0.05, 0.1) is 23.8 Å². The Morgan fingerprint density at radius 2 is 1.83 bits per heavy atom. The Bertz CT molecular complexity index is 915. The molecule has 29 heavy (non-hydrogen) atoms. The monoisotopic (exact) mass is 401 g/mol. The van der Waals surface area contributed by atoms with E-state index in [-0.39, 0.29) is 17.1 Å². The van der Waals surface area contributed by atoms with Crippen molar-refractivity contribution < 1.29 is 28.8 Å². The Morgan fingerprint density at radius 3 is 2.45 bits per heavy atom. The quantitative estimate of drug-likeness (QED) is 0.391. The van der Waals surface area contributed by atoms with Gasteiger partial charge in [0.2, 0.25) is 0 Å². The van der Waals surface area contributed by atoms with Crippen LogP contribution < -0.4 is 15.4 Å². The third-order valence-corrected chi connectivity index (χ3v) is 3.75. The number of hydrogen-bond acceptors (Lipinski definition) is 7. The third-order valence-electron chi connectivity index (χ3n) is 3.75. The molecule has 0 aromatic heterocycles. The van der Waals surface area contributed by atoms with Crippen LogP contribution in [0.1, 0.15) is 17.3 Å². The number of esters is 1. The topological polar surface area (TPSA) is 137 Å². The molecule has 0 heterocycles. The molecule has 0 aliphatic carbocycles. The molecular formula is C19H19N3O7. The van der Waals surface area contributed by atoms with Gasteiger partial charge in [0.25, 0.3) is 17.5 Å². The number of anilines is 1. The van der Waals surface area contributed by atoms with Gasteiger partial charge in [-0.15, -0.1) is 0 Å². The van der Waals surface area contributed by atoms with Crippen molar-refractivity contribution in [1.29, 1.82) is 0 Å². The number of carbonyl (C=O) groups is 3. The molecule has 2 amide bonds. The molecule has 0 unspecified atom stereocenters. The Kier molecular flexibility index (Phi) is 7.24. The molecule has 1 atom stereocenters. The van der Waals surface area contributed by atoms with Crippen molar-refractivity contribution in [3.05, 3.63) is 64.2 Å². The average Bonchev–Trinajstić information content (AvgIpc) is 2.72. The molecule has 0 aliphatic heterocycles. The summed E-state index contributed by atoms with van der Waals surface area (Å²) in [5.74, 6) is -1.83. The lowest BCUT2D eigenvalue weighted by Crippen LogP contribution is -2.40. The summed E-state index contributed by atoms with van der Waals surface area (Å²) in [7, 11) is 1.30. The third kappa shape index (κ3) is 6.03. The van der Waals surface area contributed by atoms with E-state index in [0.717, 1.165) is 6.07 Å². The molecule has 0 saturated carbocycles. The fourth-order valence-electron chi connectivity index (χ4n) is 2.27. The average molecular weight is 401 g/mol. The highest BCUT2D eigenvalue weighted by atomic mass is 16.6. The first kappa shape index (κ1) is 21.4. The predicted molar refractivity (Wildman–Crippen MR) is 103 cm³/mol. The number of benzene rings is 2. The van der Waals surface area contributed by atoms with E-state index in [1.165, 1.54) is 26.2 Å². The summed E-state index contributed by atoms with van der Waals surface area (Å²) in [6, 6.07) is 11.0. The summed E-state index contributed by atoms with van der Waals surface area (Å²) in [4.78, 5) is 46.2. The van der Waals surface area contributed by atoms with E-state index in [0.29, 0.717) is 5.56 Å². The van der Waals surface area contributed by atoms with Gasteiger partial charge >= 0.3 is 5.97 Å². The van der Waals surface area contributed by atoms with Crippen molar-refractivity contribution in [2.75, 3.05) is 19.0 Å². The number of nitrogens with one attached hydrogen (secondary N) is 2. The van der Waals surface area contributed by atoms with Crippen LogP contribution in [0.3, 0.4) is 0 Å². The predicted octanol–water partition coefficient (Wildman–Crippen LogP) is 1.90. The highest BCUT2D eigenvalue weighted by Gasteiger charge is 2.20. The number of rotatable bonds is 8. The number of hydrogen-bond donors (Lipinski definition) is 2. The van der Waals surface area contributed by atoms with Crippen molar-refractivity contribution >= 4 is 29.2 Å². The van der Waals surface area contributed by atoms with Gasteiger partial charge in [-0.1, -0.05) is 18.2 Å². The molecule has 0 radical (unpaired) electrons. The molecule has 0 bridgehead atoms. The van der Waals surface area contributed by atoms with E-state index >= 15 is 0 Å². The van der Waals surface area contributed by atoms with Crippen molar-refractivity contribution in [2.45, 2.75) is 13.0 Å². The maximum absolute atomic E-state index is 12.0. The van der Waals surface area contributed by atoms with Crippen LogP contribution in [0.4, 0.5) is 11.4 Å². The van der Waals surface area contributed by atoms with Gasteiger partial charge in [0.15, 0.2) is 6.61 Å². The number of nitro groups is 1. The molecule has 2 rings (SSSR count). The second-order valence-corrected chi connectivity index (χ2v) is 5.86. The number of methoxy groups -OCH3 is 1. The van der Waals surface area contributed by atoms with Gasteiger partial charge < -0.3 is 20.1 Å². The zero-order chi connectivity index (χ0) is 21.4. The summed E-state index contributed by atoms with van der Waals surface area (Å²) in [5.41, 5.74) is 0.369. The first-order valence-electron chi connectivity index (χ1n) is 8.46. The minimum atomic E-state index is -0.968. The summed E-state index contributed by atoms with van der Waals surface area (Å²) >= 11 is 0. The Morgan fingerprint density at radius 1 is 1.14 bits per heavy atom. The van der Waals surface area contributed by atoms with Crippen LogP contribution in [-0.4, -0.2) is 42.5 Å². The minimum Gasteiger partial charge on any atom is -0.494 e. The SMILES string of the molecule is COc1cc([N+](=O)[O-])ccc1NC(=O)COC(=O)[C@H](C)NC(=O)c1ccccc1. The molecule has 0 fully saturated rings. The maximum Gasteiger partial charge on any atom is 0.328 e. The highest BCUT2D eigenvalue weighted by Crippen LogP contribution is 2.28. The molecular weight excluding hydrogens is 382 g/mol. The molecule has 2 aromatic carbocycles. The van der Waals surface area contributed by atoms with Crippen LogP contribution in [0.15, 0.2) is 48.5 Å². The zero-order valence-electron chi connectivity index (χ0n) is 15.7. The number of carbonyl (C=O) groups excluding carboxylic acids is 3. The summed E-state index contributed by atoms with van der Waals surface area (Å²) < 4.78 is 9.91. The van der Waals surface area contributed by atoms with Crippen LogP contribution in [0.5, 0.6) is 5.75 Å². The van der Waals surface area contributed by atoms with E-state index in [2.05, 4.69) is 10.6 Å². The zero-order valence-corrected chi connectivity index (χ0v) is 15.7. The molecule has 10 nitrogen and oxygen atoms in total. The van der Waals surface area contributed by atoms with E-state index in [1.807, 2.05) is 0 Å². The van der Waals surface area contributed by atoms with Gasteiger partial charge in [0.1, 0.15) is 11.8 Å². The summed E-state index contributed by atoms with van der Waals surface area (Å²) in [6.45, 7) is 0.824. The van der Waals surface area contributed by atoms with Crippen molar-refractivity contribution in [3.8, 4) is 5.75 Å². The Balaban J connectivity index is 1.87. The lowest BCUT2D eigenvalue weighted by atomic mass is 10.2. The highest BCUT2D eigenvalue weighted by molar-refractivity contribution is 5.97. The van der Waals surface area contributed by atoms with Crippen molar-refractivity contribution in [2.24, 2.45) is 0 Å². The normalized spacial score (nSPS) is 11.1. The fraction of sp³-hybridized carbons (Fsp3) is 0.211. The molecule has 0 spiro atoms. The number of non-ortho nitro benzene ring substituents is 1. The Hall–Kier alpha value is -3.95. The van der Waals surface area contributed by atoms with Gasteiger partial charge in [-0.25, -0.2) is 4.79 Å². The van der Waals surface area contributed by atoms with E-state index in [4.69, 9.17) is 9.47 Å². The van der Waals surface area contributed by atoms with Gasteiger partial charge in [-0.05, 0) is 25.1 Å². The largest absolute Gasteiger partial charge is 0.494 e. The van der Waals surface area contributed by atoms with Crippen molar-refractivity contribution in [1.82, 2.24) is 5.32 Å². The van der Waals surface area contributed by atoms with E-state index in [1.54, 1.807) is 30.3 Å². The lowest BCUT2D eigenvalue weighted by Gasteiger charge is -2.14. The smallest absolute Gasteiger partial charge is 0.328 e. The number of ether oxygens (including phenoxy) is 2. The van der Waals surface area contributed by atoms with E-state index < -0.39 is 35.4 Å². The Labute approximate surface area is 166 Å². The van der Waals surface area contributed by atoms with Gasteiger partial charge in [0, 0.05) is 11.6 Å². The first-order valence-corrected chi connectivity index (χ1v) is 8.46. The van der Waals surface area contributed by atoms with Gasteiger partial charge in [-0.3, -0.25) is 19.7 Å². The van der Waals surface area contributed by atoms with E-state index in [9.17, 15) is 24.5 Å². The molecule has 152 valence electrons. The molecule has 2 aromatic rings. The first-order chi connectivity index (χ1) is 13.8. The molecule has 0 aliphatic rings. The minimum absolute atomic E-state index is 0.0855. The number of amides is 2. The molecule has 10 heteroatoms. The van der Waals surface area contributed by atoms with Crippen LogP contribution >= 0.6 is 0 Å². The van der Waals surface area contributed by atoms with Crippen LogP contribution in [0.25, 0.3) is 0 Å². The van der Waals surface area contributed by atoms with Crippen molar-refractivity contribution in [3.63, 3.8) is 0 Å². The van der Waals surface area contributed by atoms with Crippen LogP contribution in [0, 0.1) is 10.1 Å². The lowest BCUT2D eigenvalue weighted by molar-refractivity contribution is -0.384. The molecule has 2 N–H and O–H groups in total. The number of nitro benzene ring substituents is 1. The number of nitrogens with zero attached hydrogens (tertiary/aromatic N) is 1. The second-order valence-electron chi connectivity index (χ2n) is 5.86. The summed E-state index contributed by atoms with van der Waals surface area (Å²) in [5, 5.41) is 15.7. The van der Waals surface area contributed by atoms with Gasteiger partial charge in [-0.2, -0.15) is 0 Å². The summed E-state index contributed by atoms with van der Waals surface area (Å²) in [6.07, 6.45) is 0. The fourth-order valence-corrected chi connectivity index (χ4v) is 2.27. The van der Waals surface area contributed by atoms with Crippen LogP contribution in [-0.2, 0) is 14.3 Å². The maximum atomic E-state index is 12.0. The standard InChI is InChI=1S/C19H19N3O7/c1-12(20-18(24)13-6-4-3-5-7-13)19(25)29-11-17(23)21-15-9-8-14(22(26)27)10-16(15)28-2/h3-10,12H,11H2,1-2H3,(H,20,24)(H,21,23)/t12-/m0/s1. The second kappa shape index (κ2) is 9.83. The molecule has 0 saturated heterocycles. The van der Waals surface area contributed by atoms with Crippen LogP contribution in [0.2, 0.25) is 0 Å².